The van der Waals surface area contributed by atoms with Crippen molar-refractivity contribution in [2.45, 2.75) is 54.0 Å². The second kappa shape index (κ2) is 6.85. The molecule has 0 radical (unpaired) electrons. The average molecular weight is 286 g/mol. The van der Waals surface area contributed by atoms with Crippen molar-refractivity contribution < 1.29 is 0 Å². The fourth-order valence-corrected chi connectivity index (χ4v) is 2.75. The lowest BCUT2D eigenvalue weighted by atomic mass is 10.1. The Labute approximate surface area is 127 Å². The minimum atomic E-state index is 0.879. The quantitative estimate of drug-likeness (QED) is 0.829. The minimum Gasteiger partial charge on any atom is -0.313 e. The fraction of sp³-hybridized carbons (Fsp3) is 0.529. The Kier molecular flexibility index (Phi) is 5.12. The molecular formula is C17H26N4. The maximum absolute atomic E-state index is 4.66. The third-order valence-corrected chi connectivity index (χ3v) is 3.77. The molecule has 0 atom stereocenters. The number of aryl methyl sites for hydroxylation is 2. The molecule has 4 nitrogen and oxygen atoms in total. The number of hydrogen-bond acceptors (Lipinski definition) is 3. The first-order valence-electron chi connectivity index (χ1n) is 7.80. The van der Waals surface area contributed by atoms with Crippen molar-refractivity contribution in [3.8, 4) is 5.82 Å². The van der Waals surface area contributed by atoms with Gasteiger partial charge < -0.3 is 5.32 Å². The molecule has 0 spiro atoms. The molecular weight excluding hydrogens is 260 g/mol. The molecule has 0 aliphatic carbocycles. The van der Waals surface area contributed by atoms with Gasteiger partial charge in [0, 0.05) is 17.9 Å². The van der Waals surface area contributed by atoms with E-state index in [0.717, 1.165) is 43.1 Å². The average Bonchev–Trinajstić information content (AvgIpc) is 2.73. The van der Waals surface area contributed by atoms with Crippen LogP contribution in [-0.2, 0) is 13.0 Å². The highest BCUT2D eigenvalue weighted by molar-refractivity contribution is 5.35. The van der Waals surface area contributed by atoms with E-state index in [2.05, 4.69) is 55.2 Å². The summed E-state index contributed by atoms with van der Waals surface area (Å²) in [6.07, 6.45) is 2.16. The maximum Gasteiger partial charge on any atom is 0.154 e. The molecule has 0 unspecified atom stereocenters. The highest BCUT2D eigenvalue weighted by atomic mass is 15.3. The van der Waals surface area contributed by atoms with Gasteiger partial charge in [0.15, 0.2) is 5.82 Å². The summed E-state index contributed by atoms with van der Waals surface area (Å²) < 4.78 is 1.98. The highest BCUT2D eigenvalue weighted by Crippen LogP contribution is 2.18. The van der Waals surface area contributed by atoms with E-state index in [1.807, 2.05) is 11.6 Å². The third kappa shape index (κ3) is 3.50. The minimum absolute atomic E-state index is 0.879. The van der Waals surface area contributed by atoms with Gasteiger partial charge in [0.2, 0.25) is 0 Å². The van der Waals surface area contributed by atoms with E-state index in [1.54, 1.807) is 0 Å². The Morgan fingerprint density at radius 2 is 1.90 bits per heavy atom. The molecule has 114 valence electrons. The van der Waals surface area contributed by atoms with Crippen molar-refractivity contribution in [1.82, 2.24) is 20.1 Å². The van der Waals surface area contributed by atoms with Crippen LogP contribution in [0.5, 0.6) is 0 Å². The van der Waals surface area contributed by atoms with Crippen LogP contribution in [0.15, 0.2) is 12.1 Å². The van der Waals surface area contributed by atoms with Gasteiger partial charge >= 0.3 is 0 Å². The van der Waals surface area contributed by atoms with Gasteiger partial charge in [0.25, 0.3) is 0 Å². The Morgan fingerprint density at radius 3 is 2.52 bits per heavy atom. The van der Waals surface area contributed by atoms with Crippen LogP contribution in [0.25, 0.3) is 5.82 Å². The van der Waals surface area contributed by atoms with Gasteiger partial charge in [-0.25, -0.2) is 9.67 Å². The molecule has 0 aliphatic heterocycles. The second-order valence-corrected chi connectivity index (χ2v) is 5.57. The predicted molar refractivity (Wildman–Crippen MR) is 86.9 cm³/mol. The monoisotopic (exact) mass is 286 g/mol. The van der Waals surface area contributed by atoms with Crippen LogP contribution in [-0.4, -0.2) is 21.3 Å². The SMILES string of the molecule is CCCNCc1cc(C)nc(-n2nc(C)c(CC)c2C)c1. The van der Waals surface area contributed by atoms with Crippen molar-refractivity contribution in [1.29, 1.82) is 0 Å². The van der Waals surface area contributed by atoms with E-state index in [-0.39, 0.29) is 0 Å². The van der Waals surface area contributed by atoms with Gasteiger partial charge in [-0.15, -0.1) is 0 Å². The summed E-state index contributed by atoms with van der Waals surface area (Å²) in [5, 5.41) is 8.11. The van der Waals surface area contributed by atoms with Gasteiger partial charge in [0.05, 0.1) is 5.69 Å². The summed E-state index contributed by atoms with van der Waals surface area (Å²) in [5.41, 5.74) is 5.91. The van der Waals surface area contributed by atoms with Crippen LogP contribution in [0.3, 0.4) is 0 Å². The van der Waals surface area contributed by atoms with Crippen LogP contribution in [0.4, 0.5) is 0 Å². The van der Waals surface area contributed by atoms with E-state index in [1.165, 1.54) is 16.8 Å². The summed E-state index contributed by atoms with van der Waals surface area (Å²) in [6, 6.07) is 4.27. The molecule has 0 amide bonds. The lowest BCUT2D eigenvalue weighted by molar-refractivity contribution is 0.672. The first-order chi connectivity index (χ1) is 10.1. The topological polar surface area (TPSA) is 42.7 Å². The Bertz CT molecular complexity index is 613. The van der Waals surface area contributed by atoms with Crippen LogP contribution in [0.2, 0.25) is 0 Å². The number of rotatable bonds is 6. The maximum atomic E-state index is 4.66. The number of hydrogen-bond donors (Lipinski definition) is 1. The first kappa shape index (κ1) is 15.7. The zero-order valence-corrected chi connectivity index (χ0v) is 13.8. The zero-order valence-electron chi connectivity index (χ0n) is 13.8. The molecule has 0 aliphatic rings. The Morgan fingerprint density at radius 1 is 1.14 bits per heavy atom. The lowest BCUT2D eigenvalue weighted by Gasteiger charge is -2.09. The van der Waals surface area contributed by atoms with E-state index >= 15 is 0 Å². The number of pyridine rings is 1. The van der Waals surface area contributed by atoms with Crippen molar-refractivity contribution in [3.05, 3.63) is 40.3 Å². The third-order valence-electron chi connectivity index (χ3n) is 3.77. The number of nitrogens with zero attached hydrogens (tertiary/aromatic N) is 3. The second-order valence-electron chi connectivity index (χ2n) is 5.57. The van der Waals surface area contributed by atoms with E-state index in [0.29, 0.717) is 0 Å². The summed E-state index contributed by atoms with van der Waals surface area (Å²) in [7, 11) is 0. The van der Waals surface area contributed by atoms with Crippen molar-refractivity contribution in [2.75, 3.05) is 6.54 Å². The largest absolute Gasteiger partial charge is 0.313 e. The van der Waals surface area contributed by atoms with Crippen LogP contribution in [0.1, 0.15) is 48.5 Å². The summed E-state index contributed by atoms with van der Waals surface area (Å²) >= 11 is 0. The molecule has 2 aromatic rings. The molecule has 0 saturated heterocycles. The Hall–Kier alpha value is -1.68. The molecule has 0 fully saturated rings. The predicted octanol–water partition coefficient (Wildman–Crippen LogP) is 3.25. The van der Waals surface area contributed by atoms with E-state index < -0.39 is 0 Å². The van der Waals surface area contributed by atoms with Gasteiger partial charge in [-0.1, -0.05) is 13.8 Å². The molecule has 0 bridgehead atoms. The molecule has 4 heteroatoms. The van der Waals surface area contributed by atoms with Gasteiger partial charge in [-0.2, -0.15) is 5.10 Å². The Balaban J connectivity index is 2.35. The van der Waals surface area contributed by atoms with Gasteiger partial charge in [0.1, 0.15) is 0 Å². The van der Waals surface area contributed by atoms with Crippen LogP contribution in [0, 0.1) is 20.8 Å². The van der Waals surface area contributed by atoms with E-state index in [4.69, 9.17) is 0 Å². The number of nitrogens with one attached hydrogen (secondary N) is 1. The summed E-state index contributed by atoms with van der Waals surface area (Å²) in [6.45, 7) is 12.5. The van der Waals surface area contributed by atoms with Gasteiger partial charge in [-0.3, -0.25) is 0 Å². The van der Waals surface area contributed by atoms with Crippen molar-refractivity contribution in [3.63, 3.8) is 0 Å². The molecule has 0 saturated carbocycles. The standard InChI is InChI=1S/C17H26N4/c1-6-8-18-11-15-9-12(3)19-17(10-15)21-14(5)16(7-2)13(4)20-21/h9-10,18H,6-8,11H2,1-5H3. The fourth-order valence-electron chi connectivity index (χ4n) is 2.75. The molecule has 21 heavy (non-hydrogen) atoms. The number of aromatic nitrogens is 3. The van der Waals surface area contributed by atoms with Crippen molar-refractivity contribution >= 4 is 0 Å². The first-order valence-corrected chi connectivity index (χ1v) is 7.80. The summed E-state index contributed by atoms with van der Waals surface area (Å²) in [5.74, 6) is 0.920. The smallest absolute Gasteiger partial charge is 0.154 e. The molecule has 2 rings (SSSR count). The molecule has 0 aromatic carbocycles. The lowest BCUT2D eigenvalue weighted by Crippen LogP contribution is -2.15. The molecule has 2 heterocycles. The van der Waals surface area contributed by atoms with Gasteiger partial charge in [-0.05, 0) is 63.4 Å². The zero-order chi connectivity index (χ0) is 15.4. The normalized spacial score (nSPS) is 11.1. The molecule has 1 N–H and O–H groups in total. The summed E-state index contributed by atoms with van der Waals surface area (Å²) in [4.78, 5) is 4.65. The van der Waals surface area contributed by atoms with Crippen LogP contribution < -0.4 is 5.32 Å². The molecule has 2 aromatic heterocycles. The van der Waals surface area contributed by atoms with Crippen LogP contribution >= 0.6 is 0 Å². The highest BCUT2D eigenvalue weighted by Gasteiger charge is 2.12. The van der Waals surface area contributed by atoms with Crippen molar-refractivity contribution in [2.24, 2.45) is 0 Å². The van der Waals surface area contributed by atoms with E-state index in [9.17, 15) is 0 Å².